The largest absolute Gasteiger partial charge is 0.370 e. The highest BCUT2D eigenvalue weighted by molar-refractivity contribution is 5.90. The summed E-state index contributed by atoms with van der Waals surface area (Å²) in [6, 6.07) is 8.80. The van der Waals surface area contributed by atoms with Gasteiger partial charge in [0.05, 0.1) is 17.6 Å². The maximum atomic E-state index is 6.37. The molecule has 0 unspecified atom stereocenters. The number of H-pyrrole nitrogens is 1. The van der Waals surface area contributed by atoms with E-state index in [1.54, 1.807) is 6.33 Å². The standard InChI is InChI=1S/C21H24N4O/c1-2-15-13-22-19-18(15)20(24-14-23-19)25-10-8-21(9-11-25)17-6-4-3-5-16(17)7-12-26-21/h3-6,13-14H,2,7-12H2,1H3,(H,22,23,24). The fourth-order valence-corrected chi connectivity index (χ4v) is 4.64. The molecule has 1 saturated heterocycles. The number of nitrogens with zero attached hydrogens (tertiary/aromatic N) is 3. The average molecular weight is 348 g/mol. The molecule has 2 aliphatic rings. The second-order valence-electron chi connectivity index (χ2n) is 7.33. The minimum absolute atomic E-state index is 0.122. The van der Waals surface area contributed by atoms with Gasteiger partial charge in [-0.05, 0) is 42.4 Å². The fraction of sp³-hybridized carbons (Fsp3) is 0.429. The van der Waals surface area contributed by atoms with E-state index < -0.39 is 0 Å². The molecule has 3 aromatic rings. The smallest absolute Gasteiger partial charge is 0.143 e. The van der Waals surface area contributed by atoms with Crippen LogP contribution in [-0.2, 0) is 23.2 Å². The second kappa shape index (κ2) is 6.09. The van der Waals surface area contributed by atoms with Crippen molar-refractivity contribution in [2.45, 2.75) is 38.2 Å². The molecule has 1 aromatic carbocycles. The van der Waals surface area contributed by atoms with Gasteiger partial charge in [0.15, 0.2) is 0 Å². The van der Waals surface area contributed by atoms with Crippen LogP contribution >= 0.6 is 0 Å². The van der Waals surface area contributed by atoms with Crippen molar-refractivity contribution in [1.29, 1.82) is 0 Å². The van der Waals surface area contributed by atoms with E-state index >= 15 is 0 Å². The van der Waals surface area contributed by atoms with Crippen molar-refractivity contribution in [2.24, 2.45) is 0 Å². The van der Waals surface area contributed by atoms with E-state index in [-0.39, 0.29) is 5.60 Å². The van der Waals surface area contributed by atoms with Gasteiger partial charge >= 0.3 is 0 Å². The van der Waals surface area contributed by atoms with E-state index in [1.807, 2.05) is 0 Å². The van der Waals surface area contributed by atoms with Gasteiger partial charge in [-0.1, -0.05) is 31.2 Å². The van der Waals surface area contributed by atoms with Gasteiger partial charge in [-0.2, -0.15) is 0 Å². The van der Waals surface area contributed by atoms with Gasteiger partial charge in [0.1, 0.15) is 17.8 Å². The van der Waals surface area contributed by atoms with Crippen LogP contribution in [-0.4, -0.2) is 34.6 Å². The van der Waals surface area contributed by atoms with E-state index in [9.17, 15) is 0 Å². The number of fused-ring (bicyclic) bond motifs is 3. The molecule has 5 heteroatoms. The van der Waals surface area contributed by atoms with Gasteiger partial charge in [0, 0.05) is 19.3 Å². The number of ether oxygens (including phenoxy) is 1. The van der Waals surface area contributed by atoms with Gasteiger partial charge in [-0.15, -0.1) is 0 Å². The van der Waals surface area contributed by atoms with Crippen LogP contribution in [0.25, 0.3) is 11.0 Å². The Bertz CT molecular complexity index is 940. The number of rotatable bonds is 2. The molecule has 0 amide bonds. The zero-order valence-electron chi connectivity index (χ0n) is 15.2. The van der Waals surface area contributed by atoms with Crippen LogP contribution in [0, 0.1) is 0 Å². The zero-order chi connectivity index (χ0) is 17.6. The van der Waals surface area contributed by atoms with Crippen LogP contribution in [0.4, 0.5) is 5.82 Å². The first-order valence-electron chi connectivity index (χ1n) is 9.59. The topological polar surface area (TPSA) is 54.0 Å². The first kappa shape index (κ1) is 15.8. The highest BCUT2D eigenvalue weighted by Gasteiger charge is 2.41. The van der Waals surface area contributed by atoms with Crippen LogP contribution in [0.3, 0.4) is 0 Å². The highest BCUT2D eigenvalue weighted by atomic mass is 16.5. The van der Waals surface area contributed by atoms with Crippen molar-refractivity contribution in [2.75, 3.05) is 24.6 Å². The van der Waals surface area contributed by atoms with Crippen molar-refractivity contribution in [3.8, 4) is 0 Å². The molecule has 0 saturated carbocycles. The van der Waals surface area contributed by atoms with Crippen LogP contribution in [0.1, 0.15) is 36.5 Å². The lowest BCUT2D eigenvalue weighted by Gasteiger charge is -2.45. The predicted octanol–water partition coefficient (Wildman–Crippen LogP) is 3.59. The van der Waals surface area contributed by atoms with Crippen LogP contribution in [0.5, 0.6) is 0 Å². The molecular weight excluding hydrogens is 324 g/mol. The van der Waals surface area contributed by atoms with Crippen molar-refractivity contribution in [3.63, 3.8) is 0 Å². The van der Waals surface area contributed by atoms with Crippen molar-refractivity contribution >= 4 is 16.9 Å². The number of aryl methyl sites for hydroxylation is 1. The normalized spacial score (nSPS) is 19.0. The zero-order valence-corrected chi connectivity index (χ0v) is 15.2. The first-order chi connectivity index (χ1) is 12.8. The first-order valence-corrected chi connectivity index (χ1v) is 9.59. The van der Waals surface area contributed by atoms with E-state index in [0.717, 1.165) is 56.8 Å². The molecule has 134 valence electrons. The Morgan fingerprint density at radius 2 is 2.04 bits per heavy atom. The maximum Gasteiger partial charge on any atom is 0.143 e. The number of anilines is 1. The number of hydrogen-bond acceptors (Lipinski definition) is 4. The molecule has 0 bridgehead atoms. The number of nitrogens with one attached hydrogen (secondary N) is 1. The Morgan fingerprint density at radius 3 is 2.88 bits per heavy atom. The lowest BCUT2D eigenvalue weighted by molar-refractivity contribution is -0.0766. The molecule has 0 radical (unpaired) electrons. The number of benzene rings is 1. The summed E-state index contributed by atoms with van der Waals surface area (Å²) in [4.78, 5) is 14.7. The summed E-state index contributed by atoms with van der Waals surface area (Å²) in [7, 11) is 0. The van der Waals surface area contributed by atoms with E-state index in [0.29, 0.717) is 0 Å². The summed E-state index contributed by atoms with van der Waals surface area (Å²) in [6.07, 6.45) is 7.74. The highest BCUT2D eigenvalue weighted by Crippen LogP contribution is 2.42. The fourth-order valence-electron chi connectivity index (χ4n) is 4.64. The van der Waals surface area contributed by atoms with Crippen LogP contribution < -0.4 is 4.90 Å². The molecule has 0 aliphatic carbocycles. The predicted molar refractivity (Wildman–Crippen MR) is 102 cm³/mol. The van der Waals surface area contributed by atoms with Gasteiger partial charge in [0.25, 0.3) is 0 Å². The third-order valence-corrected chi connectivity index (χ3v) is 6.04. The molecule has 1 spiro atoms. The minimum atomic E-state index is -0.122. The number of aromatic nitrogens is 3. The summed E-state index contributed by atoms with van der Waals surface area (Å²) >= 11 is 0. The molecule has 0 atom stereocenters. The summed E-state index contributed by atoms with van der Waals surface area (Å²) in [5.41, 5.74) is 4.95. The molecule has 2 aliphatic heterocycles. The number of piperidine rings is 1. The van der Waals surface area contributed by atoms with Gasteiger partial charge < -0.3 is 14.6 Å². The Kier molecular flexibility index (Phi) is 3.71. The second-order valence-corrected chi connectivity index (χ2v) is 7.33. The Hall–Kier alpha value is -2.40. The molecular formula is C21H24N4O. The van der Waals surface area contributed by atoms with Gasteiger partial charge in [-0.3, -0.25) is 0 Å². The van der Waals surface area contributed by atoms with Gasteiger partial charge in [0.2, 0.25) is 0 Å². The maximum absolute atomic E-state index is 6.37. The minimum Gasteiger partial charge on any atom is -0.370 e. The van der Waals surface area contributed by atoms with E-state index in [1.165, 1.54) is 22.1 Å². The van der Waals surface area contributed by atoms with Crippen molar-refractivity contribution in [3.05, 3.63) is 53.5 Å². The van der Waals surface area contributed by atoms with Crippen molar-refractivity contribution < 1.29 is 4.74 Å². The molecule has 4 heterocycles. The van der Waals surface area contributed by atoms with Crippen LogP contribution in [0.15, 0.2) is 36.8 Å². The summed E-state index contributed by atoms with van der Waals surface area (Å²) in [5, 5.41) is 1.18. The third kappa shape index (κ3) is 2.34. The lowest BCUT2D eigenvalue weighted by atomic mass is 9.79. The number of hydrogen-bond donors (Lipinski definition) is 1. The molecule has 5 nitrogen and oxygen atoms in total. The quantitative estimate of drug-likeness (QED) is 0.769. The Labute approximate surface area is 153 Å². The number of aromatic amines is 1. The molecule has 5 rings (SSSR count). The third-order valence-electron chi connectivity index (χ3n) is 6.04. The summed E-state index contributed by atoms with van der Waals surface area (Å²) in [5.74, 6) is 1.06. The molecule has 1 fully saturated rings. The lowest BCUT2D eigenvalue weighted by Crippen LogP contribution is -2.47. The SMILES string of the molecule is CCc1c[nH]c2ncnc(N3CCC4(CC3)OCCc3ccccc34)c12. The van der Waals surface area contributed by atoms with Crippen LogP contribution in [0.2, 0.25) is 0 Å². The monoisotopic (exact) mass is 348 g/mol. The average Bonchev–Trinajstić information content (AvgIpc) is 3.13. The molecule has 26 heavy (non-hydrogen) atoms. The van der Waals surface area contributed by atoms with Gasteiger partial charge in [-0.25, -0.2) is 9.97 Å². The summed E-state index contributed by atoms with van der Waals surface area (Å²) in [6.45, 7) is 4.91. The van der Waals surface area contributed by atoms with Crippen molar-refractivity contribution in [1.82, 2.24) is 15.0 Å². The molecule has 1 N–H and O–H groups in total. The van der Waals surface area contributed by atoms with E-state index in [4.69, 9.17) is 4.74 Å². The Balaban J connectivity index is 1.46. The Morgan fingerprint density at radius 1 is 1.19 bits per heavy atom. The summed E-state index contributed by atoms with van der Waals surface area (Å²) < 4.78 is 6.37. The molecule has 2 aromatic heterocycles. The van der Waals surface area contributed by atoms with E-state index in [2.05, 4.69) is 57.2 Å².